The number of alkyl halides is 3. The van der Waals surface area contributed by atoms with Crippen molar-refractivity contribution >= 4 is 41.1 Å². The highest BCUT2D eigenvalue weighted by Crippen LogP contribution is 2.32. The van der Waals surface area contributed by atoms with Gasteiger partial charge in [-0.3, -0.25) is 9.78 Å². The number of aromatic nitrogens is 3. The summed E-state index contributed by atoms with van der Waals surface area (Å²) in [6, 6.07) is 0.230. The summed E-state index contributed by atoms with van der Waals surface area (Å²) in [5.74, 6) is -0.0483. The Labute approximate surface area is 159 Å². The average Bonchev–Trinajstić information content (AvgIpc) is 2.53. The van der Waals surface area contributed by atoms with Gasteiger partial charge in [-0.05, 0) is 6.92 Å². The molecule has 2 heterocycles. The van der Waals surface area contributed by atoms with E-state index in [9.17, 15) is 22.8 Å². The van der Waals surface area contributed by atoms with Gasteiger partial charge in [0.25, 0.3) is 5.56 Å². The van der Waals surface area contributed by atoms with Crippen LogP contribution in [0.15, 0.2) is 28.4 Å². The summed E-state index contributed by atoms with van der Waals surface area (Å²) in [6.07, 6.45) is -3.37. The topological polar surface area (TPSA) is 74.1 Å². The van der Waals surface area contributed by atoms with Crippen LogP contribution in [0.25, 0.3) is 0 Å². The van der Waals surface area contributed by atoms with Crippen LogP contribution in [0.5, 0.6) is 0 Å². The molecule has 0 N–H and O–H groups in total. The molecule has 0 saturated carbocycles. The lowest BCUT2D eigenvalue weighted by atomic mass is 10.3. The van der Waals surface area contributed by atoms with Gasteiger partial charge in [0.05, 0.1) is 16.7 Å². The van der Waals surface area contributed by atoms with Gasteiger partial charge >= 0.3 is 12.3 Å². The predicted molar refractivity (Wildman–Crippen MR) is 89.7 cm³/mol. The number of carbonyl (C=O) groups is 1. The van der Waals surface area contributed by atoms with E-state index in [0.29, 0.717) is 21.9 Å². The van der Waals surface area contributed by atoms with Gasteiger partial charge in [0, 0.05) is 29.8 Å². The summed E-state index contributed by atoms with van der Waals surface area (Å²) in [4.78, 5) is 31.1. The number of halogens is 5. The van der Waals surface area contributed by atoms with Gasteiger partial charge in [0.1, 0.15) is 0 Å². The largest absolute Gasteiger partial charge is 0.449 e. The minimum atomic E-state index is -4.85. The predicted octanol–water partition coefficient (Wildman–Crippen LogP) is 4.26. The van der Waals surface area contributed by atoms with Crippen LogP contribution in [0.2, 0.25) is 10.0 Å². The van der Waals surface area contributed by atoms with Crippen molar-refractivity contribution in [3.63, 3.8) is 0 Å². The Hall–Kier alpha value is -1.78. The lowest BCUT2D eigenvalue weighted by Gasteiger charge is -2.13. The van der Waals surface area contributed by atoms with E-state index < -0.39 is 28.7 Å². The monoisotopic (exact) mass is 427 g/mol. The first-order chi connectivity index (χ1) is 12.1. The molecular formula is C14H10Cl2F3N3O3S. The second kappa shape index (κ2) is 8.28. The number of nitrogens with zero attached hydrogens (tertiary/aromatic N) is 3. The first kappa shape index (κ1) is 20.5. The highest BCUT2D eigenvalue weighted by Gasteiger charge is 2.35. The van der Waals surface area contributed by atoms with Gasteiger partial charge in [0.2, 0.25) is 0 Å². The lowest BCUT2D eigenvalue weighted by molar-refractivity contribution is -0.141. The van der Waals surface area contributed by atoms with Crippen LogP contribution < -0.4 is 5.56 Å². The van der Waals surface area contributed by atoms with E-state index in [4.69, 9.17) is 27.9 Å². The molecule has 0 aliphatic heterocycles. The third-order valence-electron chi connectivity index (χ3n) is 2.93. The molecule has 0 aromatic carbocycles. The fourth-order valence-corrected chi connectivity index (χ4v) is 3.47. The van der Waals surface area contributed by atoms with Gasteiger partial charge in [-0.25, -0.2) is 9.78 Å². The smallest absolute Gasteiger partial charge is 0.433 e. The molecule has 26 heavy (non-hydrogen) atoms. The molecule has 0 amide bonds. The van der Waals surface area contributed by atoms with E-state index in [0.717, 1.165) is 0 Å². The third-order valence-corrected chi connectivity index (χ3v) is 4.54. The van der Waals surface area contributed by atoms with Gasteiger partial charge in [-0.1, -0.05) is 35.0 Å². The van der Waals surface area contributed by atoms with Crippen LogP contribution in [-0.4, -0.2) is 27.2 Å². The minimum absolute atomic E-state index is 0.0483. The number of thioether (sulfide) groups is 1. The van der Waals surface area contributed by atoms with Crippen LogP contribution in [0.4, 0.5) is 18.0 Å². The Kier molecular flexibility index (Phi) is 6.53. The number of ether oxygens (including phenoxy) is 1. The molecule has 0 aliphatic rings. The summed E-state index contributed by atoms with van der Waals surface area (Å²) >= 11 is 12.6. The van der Waals surface area contributed by atoms with Crippen molar-refractivity contribution in [3.05, 3.63) is 50.1 Å². The summed E-state index contributed by atoms with van der Waals surface area (Å²) in [5.41, 5.74) is -2.26. The Bertz CT molecular complexity index is 870. The van der Waals surface area contributed by atoms with Crippen LogP contribution in [0.1, 0.15) is 18.2 Å². The van der Waals surface area contributed by atoms with Crippen molar-refractivity contribution in [2.45, 2.75) is 24.0 Å². The molecule has 2 aromatic rings. The van der Waals surface area contributed by atoms with E-state index in [1.54, 1.807) is 0 Å². The summed E-state index contributed by atoms with van der Waals surface area (Å²) in [5, 5.41) is -0.128. The van der Waals surface area contributed by atoms with Crippen molar-refractivity contribution in [2.75, 3.05) is 6.61 Å². The van der Waals surface area contributed by atoms with E-state index >= 15 is 0 Å². The molecule has 0 unspecified atom stereocenters. The standard InChI is InChI=1S/C14H10Cl2F3N3O3S/c1-2-25-13(24)22-11(23)3-10(14(17,18)19)21-12(22)26-6-7-8(15)4-20-5-9(7)16/h3-5H,2,6H2,1H3. The van der Waals surface area contributed by atoms with Crippen molar-refractivity contribution in [3.8, 4) is 0 Å². The van der Waals surface area contributed by atoms with Crippen molar-refractivity contribution in [2.24, 2.45) is 0 Å². The highest BCUT2D eigenvalue weighted by molar-refractivity contribution is 7.98. The first-order valence-corrected chi connectivity index (χ1v) is 8.68. The second-order valence-corrected chi connectivity index (χ2v) is 6.42. The molecule has 0 bridgehead atoms. The average molecular weight is 428 g/mol. The molecule has 2 rings (SSSR count). The van der Waals surface area contributed by atoms with Gasteiger partial charge < -0.3 is 4.74 Å². The molecule has 12 heteroatoms. The maximum Gasteiger partial charge on any atom is 0.433 e. The Morgan fingerprint density at radius 3 is 2.46 bits per heavy atom. The molecule has 0 atom stereocenters. The number of rotatable bonds is 4. The maximum absolute atomic E-state index is 12.9. The van der Waals surface area contributed by atoms with Gasteiger partial charge in [-0.15, -0.1) is 0 Å². The highest BCUT2D eigenvalue weighted by atomic mass is 35.5. The van der Waals surface area contributed by atoms with E-state index in [1.807, 2.05) is 0 Å². The maximum atomic E-state index is 12.9. The molecular weight excluding hydrogens is 418 g/mol. The van der Waals surface area contributed by atoms with Gasteiger partial charge in [-0.2, -0.15) is 17.7 Å². The lowest BCUT2D eigenvalue weighted by Crippen LogP contribution is -2.31. The molecule has 0 saturated heterocycles. The number of hydrogen-bond donors (Lipinski definition) is 0. The van der Waals surface area contributed by atoms with E-state index in [1.165, 1.54) is 19.3 Å². The zero-order chi connectivity index (χ0) is 19.5. The molecule has 0 radical (unpaired) electrons. The molecule has 6 nitrogen and oxygen atoms in total. The van der Waals surface area contributed by atoms with Crippen LogP contribution in [0.3, 0.4) is 0 Å². The second-order valence-electron chi connectivity index (χ2n) is 4.66. The number of pyridine rings is 1. The van der Waals surface area contributed by atoms with E-state index in [-0.39, 0.29) is 28.5 Å². The Morgan fingerprint density at radius 1 is 1.31 bits per heavy atom. The van der Waals surface area contributed by atoms with Gasteiger partial charge in [0.15, 0.2) is 10.9 Å². The zero-order valence-corrected chi connectivity index (χ0v) is 15.3. The zero-order valence-electron chi connectivity index (χ0n) is 13.0. The summed E-state index contributed by atoms with van der Waals surface area (Å²) in [6.45, 7) is 1.42. The quantitative estimate of drug-likeness (QED) is 0.535. The molecule has 2 aromatic heterocycles. The molecule has 140 valence electrons. The van der Waals surface area contributed by atoms with Crippen LogP contribution >= 0.6 is 35.0 Å². The normalized spacial score (nSPS) is 11.5. The van der Waals surface area contributed by atoms with Crippen molar-refractivity contribution in [1.82, 2.24) is 14.5 Å². The molecule has 0 fully saturated rings. The molecule has 0 aliphatic carbocycles. The summed E-state index contributed by atoms with van der Waals surface area (Å²) in [7, 11) is 0. The fraction of sp³-hybridized carbons (Fsp3) is 0.286. The van der Waals surface area contributed by atoms with Crippen molar-refractivity contribution in [1.29, 1.82) is 0 Å². The first-order valence-electron chi connectivity index (χ1n) is 6.94. The minimum Gasteiger partial charge on any atom is -0.449 e. The Morgan fingerprint density at radius 2 is 1.92 bits per heavy atom. The van der Waals surface area contributed by atoms with Crippen molar-refractivity contribution < 1.29 is 22.7 Å². The summed E-state index contributed by atoms with van der Waals surface area (Å²) < 4.78 is 43.9. The van der Waals surface area contributed by atoms with E-state index in [2.05, 4.69) is 9.97 Å². The van der Waals surface area contributed by atoms with Crippen LogP contribution in [-0.2, 0) is 16.7 Å². The Balaban J connectivity index is 2.48. The fourth-order valence-electron chi connectivity index (χ4n) is 1.77. The number of carbonyl (C=O) groups excluding carboxylic acids is 1. The number of hydrogen-bond acceptors (Lipinski definition) is 6. The van der Waals surface area contributed by atoms with Crippen LogP contribution in [0, 0.1) is 0 Å². The SMILES string of the molecule is CCOC(=O)n1c(SCc2c(Cl)cncc2Cl)nc(C(F)(F)F)cc1=O. The third kappa shape index (κ3) is 4.68. The molecule has 0 spiro atoms.